The van der Waals surface area contributed by atoms with Crippen molar-refractivity contribution in [1.29, 1.82) is 0 Å². The number of aryl methyl sites for hydroxylation is 1. The molecule has 2 nitrogen and oxygen atoms in total. The zero-order valence-electron chi connectivity index (χ0n) is 9.89. The molecule has 3 atom stereocenters. The first-order chi connectivity index (χ1) is 8.12. The van der Waals surface area contributed by atoms with Crippen LogP contribution in [0.3, 0.4) is 0 Å². The Balaban J connectivity index is 2.10. The van der Waals surface area contributed by atoms with E-state index in [4.69, 9.17) is 0 Å². The van der Waals surface area contributed by atoms with Gasteiger partial charge in [-0.3, -0.25) is 4.79 Å². The summed E-state index contributed by atoms with van der Waals surface area (Å²) in [5.41, 5.74) is 2.12. The number of hydrogen-bond acceptors (Lipinski definition) is 1. The summed E-state index contributed by atoms with van der Waals surface area (Å²) in [5.74, 6) is -0.450. The van der Waals surface area contributed by atoms with Gasteiger partial charge in [0.2, 0.25) is 0 Å². The molecule has 2 aliphatic carbocycles. The molecule has 0 spiro atoms. The summed E-state index contributed by atoms with van der Waals surface area (Å²) >= 11 is 0. The highest BCUT2D eigenvalue weighted by atomic mass is 16.4. The Labute approximate surface area is 101 Å². The Hall–Kier alpha value is -1.57. The van der Waals surface area contributed by atoms with E-state index in [0.717, 1.165) is 12.8 Å². The Morgan fingerprint density at radius 1 is 1.47 bits per heavy atom. The van der Waals surface area contributed by atoms with Crippen LogP contribution in [-0.4, -0.2) is 11.1 Å². The van der Waals surface area contributed by atoms with Gasteiger partial charge in [0.25, 0.3) is 0 Å². The molecule has 88 valence electrons. The second kappa shape index (κ2) is 3.46. The summed E-state index contributed by atoms with van der Waals surface area (Å²) in [4.78, 5) is 11.4. The standard InChI is InChI=1S/C15H16O2/c1-10-3-2-4-12(7-10)15-6-5-11(9-15)8-13(15)14(16)17/h2-7,11,13H,8-9H2,1H3,(H,16,17). The maximum Gasteiger partial charge on any atom is 0.307 e. The van der Waals surface area contributed by atoms with Gasteiger partial charge in [-0.1, -0.05) is 42.0 Å². The molecule has 3 unspecified atom stereocenters. The fourth-order valence-electron chi connectivity index (χ4n) is 3.48. The van der Waals surface area contributed by atoms with Crippen molar-refractivity contribution < 1.29 is 9.90 Å². The van der Waals surface area contributed by atoms with Crippen molar-refractivity contribution in [3.8, 4) is 0 Å². The van der Waals surface area contributed by atoms with Gasteiger partial charge in [0, 0.05) is 5.41 Å². The van der Waals surface area contributed by atoms with Crippen molar-refractivity contribution in [2.24, 2.45) is 11.8 Å². The first kappa shape index (κ1) is 10.6. The largest absolute Gasteiger partial charge is 0.481 e. The van der Waals surface area contributed by atoms with Crippen LogP contribution in [0.2, 0.25) is 0 Å². The molecule has 1 N–H and O–H groups in total. The number of fused-ring (bicyclic) bond motifs is 2. The lowest BCUT2D eigenvalue weighted by Crippen LogP contribution is -2.33. The number of carboxylic acid groups (broad SMARTS) is 1. The summed E-state index contributed by atoms with van der Waals surface area (Å²) in [6, 6.07) is 8.29. The average Bonchev–Trinajstić information content (AvgIpc) is 2.87. The molecule has 17 heavy (non-hydrogen) atoms. The van der Waals surface area contributed by atoms with E-state index in [2.05, 4.69) is 37.3 Å². The van der Waals surface area contributed by atoms with Gasteiger partial charge in [-0.15, -0.1) is 0 Å². The monoisotopic (exact) mass is 228 g/mol. The second-order valence-electron chi connectivity index (χ2n) is 5.36. The maximum atomic E-state index is 11.4. The van der Waals surface area contributed by atoms with E-state index in [9.17, 15) is 9.90 Å². The summed E-state index contributed by atoms with van der Waals surface area (Å²) in [7, 11) is 0. The van der Waals surface area contributed by atoms with Gasteiger partial charge in [-0.25, -0.2) is 0 Å². The van der Waals surface area contributed by atoms with Crippen molar-refractivity contribution in [2.75, 3.05) is 0 Å². The van der Waals surface area contributed by atoms with Crippen molar-refractivity contribution >= 4 is 5.97 Å². The number of aliphatic carboxylic acids is 1. The van der Waals surface area contributed by atoms with Crippen molar-refractivity contribution in [3.05, 3.63) is 47.5 Å². The summed E-state index contributed by atoms with van der Waals surface area (Å²) in [6.45, 7) is 2.06. The number of carboxylic acids is 1. The summed E-state index contributed by atoms with van der Waals surface area (Å²) in [5, 5.41) is 9.40. The SMILES string of the molecule is Cc1cccc(C23C=CC(CC2C(=O)O)C3)c1. The molecule has 0 aromatic heterocycles. The summed E-state index contributed by atoms with van der Waals surface area (Å²) < 4.78 is 0. The van der Waals surface area contributed by atoms with Gasteiger partial charge in [0.15, 0.2) is 0 Å². The number of hydrogen-bond donors (Lipinski definition) is 1. The van der Waals surface area contributed by atoms with Crippen molar-refractivity contribution in [2.45, 2.75) is 25.2 Å². The van der Waals surface area contributed by atoms with Crippen molar-refractivity contribution in [1.82, 2.24) is 0 Å². The quantitative estimate of drug-likeness (QED) is 0.790. The van der Waals surface area contributed by atoms with E-state index in [1.165, 1.54) is 11.1 Å². The van der Waals surface area contributed by atoms with Crippen molar-refractivity contribution in [3.63, 3.8) is 0 Å². The number of carbonyl (C=O) groups is 1. The van der Waals surface area contributed by atoms with E-state index < -0.39 is 5.97 Å². The fraction of sp³-hybridized carbons (Fsp3) is 0.400. The fourth-order valence-corrected chi connectivity index (χ4v) is 3.48. The van der Waals surface area contributed by atoms with Crippen LogP contribution in [0, 0.1) is 18.8 Å². The van der Waals surface area contributed by atoms with Crippen LogP contribution in [0.15, 0.2) is 36.4 Å². The molecule has 2 bridgehead atoms. The van der Waals surface area contributed by atoms with E-state index in [1.54, 1.807) is 0 Å². The smallest absolute Gasteiger partial charge is 0.307 e. The molecule has 2 aliphatic rings. The van der Waals surface area contributed by atoms with E-state index >= 15 is 0 Å². The Morgan fingerprint density at radius 3 is 2.94 bits per heavy atom. The highest BCUT2D eigenvalue weighted by molar-refractivity contribution is 5.75. The van der Waals surface area contributed by atoms with Crippen LogP contribution in [0.5, 0.6) is 0 Å². The van der Waals surface area contributed by atoms with Crippen LogP contribution in [0.1, 0.15) is 24.0 Å². The normalized spacial score (nSPS) is 34.2. The molecule has 2 heteroatoms. The van der Waals surface area contributed by atoms with E-state index in [0.29, 0.717) is 5.92 Å². The first-order valence-corrected chi connectivity index (χ1v) is 6.11. The second-order valence-corrected chi connectivity index (χ2v) is 5.36. The minimum Gasteiger partial charge on any atom is -0.481 e. The lowest BCUT2D eigenvalue weighted by Gasteiger charge is -2.30. The number of rotatable bonds is 2. The molecule has 0 radical (unpaired) electrons. The van der Waals surface area contributed by atoms with Crippen LogP contribution >= 0.6 is 0 Å². The molecular weight excluding hydrogens is 212 g/mol. The number of allylic oxidation sites excluding steroid dienone is 2. The molecule has 1 fully saturated rings. The zero-order valence-corrected chi connectivity index (χ0v) is 9.89. The lowest BCUT2D eigenvalue weighted by atomic mass is 9.72. The van der Waals surface area contributed by atoms with Crippen LogP contribution in [-0.2, 0) is 10.2 Å². The summed E-state index contributed by atoms with van der Waals surface area (Å²) in [6.07, 6.45) is 6.09. The maximum absolute atomic E-state index is 11.4. The zero-order chi connectivity index (χ0) is 12.0. The lowest BCUT2D eigenvalue weighted by molar-refractivity contribution is -0.143. The Morgan fingerprint density at radius 2 is 2.29 bits per heavy atom. The molecule has 0 aliphatic heterocycles. The molecule has 0 saturated heterocycles. The topological polar surface area (TPSA) is 37.3 Å². The number of benzene rings is 1. The van der Waals surface area contributed by atoms with Crippen LogP contribution in [0.25, 0.3) is 0 Å². The third-order valence-corrected chi connectivity index (χ3v) is 4.28. The highest BCUT2D eigenvalue weighted by Gasteiger charge is 2.52. The highest BCUT2D eigenvalue weighted by Crippen LogP contribution is 2.54. The first-order valence-electron chi connectivity index (χ1n) is 6.11. The average molecular weight is 228 g/mol. The van der Waals surface area contributed by atoms with Gasteiger partial charge in [0.05, 0.1) is 5.92 Å². The predicted octanol–water partition coefficient (Wildman–Crippen LogP) is 2.91. The molecule has 0 heterocycles. The van der Waals surface area contributed by atoms with Gasteiger partial charge in [-0.2, -0.15) is 0 Å². The molecule has 1 aromatic rings. The van der Waals surface area contributed by atoms with Gasteiger partial charge in [0.1, 0.15) is 0 Å². The minimum atomic E-state index is -0.654. The molecule has 1 aromatic carbocycles. The predicted molar refractivity (Wildman–Crippen MR) is 65.8 cm³/mol. The molecule has 1 saturated carbocycles. The van der Waals surface area contributed by atoms with Gasteiger partial charge in [-0.05, 0) is 31.2 Å². The minimum absolute atomic E-state index is 0.248. The third-order valence-electron chi connectivity index (χ3n) is 4.28. The van der Waals surface area contributed by atoms with Gasteiger partial charge < -0.3 is 5.11 Å². The van der Waals surface area contributed by atoms with E-state index in [1.807, 2.05) is 6.07 Å². The van der Waals surface area contributed by atoms with Crippen LogP contribution < -0.4 is 0 Å². The van der Waals surface area contributed by atoms with E-state index in [-0.39, 0.29) is 11.3 Å². The molecule has 0 amide bonds. The Kier molecular flexibility index (Phi) is 2.15. The Bertz CT molecular complexity index is 503. The van der Waals surface area contributed by atoms with Gasteiger partial charge >= 0.3 is 5.97 Å². The molecular formula is C15H16O2. The molecule has 3 rings (SSSR count). The van der Waals surface area contributed by atoms with Crippen LogP contribution in [0.4, 0.5) is 0 Å². The third kappa shape index (κ3) is 1.43.